The third-order valence-corrected chi connectivity index (χ3v) is 3.05. The first-order chi connectivity index (χ1) is 9.88. The van der Waals surface area contributed by atoms with E-state index in [-0.39, 0.29) is 5.78 Å². The lowest BCUT2D eigenvalue weighted by atomic mass is 10.0. The number of alkyl halides is 3. The Morgan fingerprint density at radius 1 is 1.05 bits per heavy atom. The minimum absolute atomic E-state index is 0.231. The molecule has 2 aromatic rings. The van der Waals surface area contributed by atoms with Crippen LogP contribution in [0.1, 0.15) is 27.0 Å². The molecule has 0 aliphatic rings. The largest absolute Gasteiger partial charge is 0.416 e. The summed E-state index contributed by atoms with van der Waals surface area (Å²) < 4.78 is 37.8. The molecule has 1 nitrogen and oxygen atoms in total. The van der Waals surface area contributed by atoms with E-state index in [1.807, 2.05) is 19.1 Å². The molecule has 0 amide bonds. The van der Waals surface area contributed by atoms with Crippen LogP contribution < -0.4 is 0 Å². The average Bonchev–Trinajstić information content (AvgIpc) is 2.45. The first-order valence-electron chi connectivity index (χ1n) is 6.33. The van der Waals surface area contributed by atoms with Crippen LogP contribution in [0.4, 0.5) is 13.2 Å². The Kier molecular flexibility index (Phi) is 4.26. The van der Waals surface area contributed by atoms with Gasteiger partial charge in [-0.05, 0) is 36.3 Å². The van der Waals surface area contributed by atoms with Crippen molar-refractivity contribution in [2.24, 2.45) is 0 Å². The van der Waals surface area contributed by atoms with Crippen molar-refractivity contribution in [3.63, 3.8) is 0 Å². The number of carbonyl (C=O) groups is 1. The molecule has 21 heavy (non-hydrogen) atoms. The van der Waals surface area contributed by atoms with Gasteiger partial charge in [0.25, 0.3) is 0 Å². The van der Waals surface area contributed by atoms with Gasteiger partial charge in [0.1, 0.15) is 0 Å². The number of ketones is 1. The Balaban J connectivity index is 2.22. The van der Waals surface area contributed by atoms with Gasteiger partial charge in [-0.1, -0.05) is 42.5 Å². The fourth-order valence-corrected chi connectivity index (χ4v) is 1.93. The zero-order valence-electron chi connectivity index (χ0n) is 11.3. The van der Waals surface area contributed by atoms with Gasteiger partial charge in [0.2, 0.25) is 0 Å². The average molecular weight is 290 g/mol. The number of hydrogen-bond donors (Lipinski definition) is 0. The molecule has 0 saturated carbocycles. The van der Waals surface area contributed by atoms with Crippen LogP contribution in [0.2, 0.25) is 0 Å². The second-order valence-corrected chi connectivity index (χ2v) is 4.64. The van der Waals surface area contributed by atoms with Crippen LogP contribution in [0.15, 0.2) is 54.6 Å². The molecule has 0 N–H and O–H groups in total. The lowest BCUT2D eigenvalue weighted by molar-refractivity contribution is -0.137. The summed E-state index contributed by atoms with van der Waals surface area (Å²) in [5.41, 5.74) is 0.983. The number of allylic oxidation sites excluding steroid dienone is 1. The van der Waals surface area contributed by atoms with Gasteiger partial charge < -0.3 is 0 Å². The van der Waals surface area contributed by atoms with E-state index in [1.54, 1.807) is 12.1 Å². The van der Waals surface area contributed by atoms with E-state index >= 15 is 0 Å². The first-order valence-corrected chi connectivity index (χ1v) is 6.33. The zero-order chi connectivity index (χ0) is 15.5. The molecular formula is C17H13F3O. The summed E-state index contributed by atoms with van der Waals surface area (Å²) in [6.45, 7) is 1.81. The van der Waals surface area contributed by atoms with Crippen molar-refractivity contribution in [3.05, 3.63) is 76.9 Å². The second-order valence-electron chi connectivity index (χ2n) is 4.64. The van der Waals surface area contributed by atoms with Gasteiger partial charge in [0.15, 0.2) is 5.78 Å². The third kappa shape index (κ3) is 3.81. The fourth-order valence-electron chi connectivity index (χ4n) is 1.93. The van der Waals surface area contributed by atoms with E-state index in [0.29, 0.717) is 11.1 Å². The van der Waals surface area contributed by atoms with Crippen LogP contribution in [0, 0.1) is 6.92 Å². The number of carbonyl (C=O) groups excluding carboxylic acids is 1. The van der Waals surface area contributed by atoms with Crippen molar-refractivity contribution >= 4 is 11.9 Å². The molecule has 0 atom stereocenters. The molecule has 0 bridgehead atoms. The van der Waals surface area contributed by atoms with Crippen LogP contribution in [-0.4, -0.2) is 5.78 Å². The highest BCUT2D eigenvalue weighted by atomic mass is 19.4. The highest BCUT2D eigenvalue weighted by molar-refractivity contribution is 6.07. The SMILES string of the molecule is Cc1ccccc1C(=O)/C=C/c1cccc(C(F)(F)F)c1. The molecule has 0 heterocycles. The number of aryl methyl sites for hydroxylation is 1. The Morgan fingerprint density at radius 3 is 2.43 bits per heavy atom. The van der Waals surface area contributed by atoms with Crippen molar-refractivity contribution in [2.45, 2.75) is 13.1 Å². The van der Waals surface area contributed by atoms with Crippen LogP contribution in [0.5, 0.6) is 0 Å². The van der Waals surface area contributed by atoms with E-state index in [9.17, 15) is 18.0 Å². The predicted octanol–water partition coefficient (Wildman–Crippen LogP) is 4.91. The van der Waals surface area contributed by atoms with Crippen molar-refractivity contribution in [2.75, 3.05) is 0 Å². The van der Waals surface area contributed by atoms with Crippen molar-refractivity contribution in [1.82, 2.24) is 0 Å². The van der Waals surface area contributed by atoms with Crippen molar-refractivity contribution in [3.8, 4) is 0 Å². The third-order valence-electron chi connectivity index (χ3n) is 3.05. The van der Waals surface area contributed by atoms with Crippen LogP contribution in [-0.2, 0) is 6.18 Å². The lowest BCUT2D eigenvalue weighted by Gasteiger charge is -2.06. The molecule has 0 aromatic heterocycles. The first kappa shape index (κ1) is 15.0. The van der Waals surface area contributed by atoms with Crippen LogP contribution in [0.25, 0.3) is 6.08 Å². The second kappa shape index (κ2) is 5.95. The standard InChI is InChI=1S/C17H13F3O/c1-12-5-2-3-8-15(12)16(21)10-9-13-6-4-7-14(11-13)17(18,19)20/h2-11H,1H3/b10-9+. The molecule has 4 heteroatoms. The van der Waals surface area contributed by atoms with E-state index in [1.165, 1.54) is 24.3 Å². The number of hydrogen-bond acceptors (Lipinski definition) is 1. The molecular weight excluding hydrogens is 277 g/mol. The molecule has 0 fully saturated rings. The monoisotopic (exact) mass is 290 g/mol. The number of halogens is 3. The molecule has 0 aliphatic carbocycles. The maximum atomic E-state index is 12.6. The van der Waals surface area contributed by atoms with E-state index in [2.05, 4.69) is 0 Å². The molecule has 0 aliphatic heterocycles. The minimum atomic E-state index is -4.39. The van der Waals surface area contributed by atoms with Gasteiger partial charge >= 0.3 is 6.18 Å². The summed E-state index contributed by atoms with van der Waals surface area (Å²) in [7, 11) is 0. The minimum Gasteiger partial charge on any atom is -0.289 e. The summed E-state index contributed by atoms with van der Waals surface area (Å²) in [6.07, 6.45) is -1.70. The highest BCUT2D eigenvalue weighted by Crippen LogP contribution is 2.29. The van der Waals surface area contributed by atoms with Crippen molar-refractivity contribution in [1.29, 1.82) is 0 Å². The Hall–Kier alpha value is -2.36. The highest BCUT2D eigenvalue weighted by Gasteiger charge is 2.30. The Morgan fingerprint density at radius 2 is 1.76 bits per heavy atom. The lowest BCUT2D eigenvalue weighted by Crippen LogP contribution is -2.04. The zero-order valence-corrected chi connectivity index (χ0v) is 11.3. The summed E-state index contributed by atoms with van der Waals surface area (Å²) in [4.78, 5) is 12.0. The quantitative estimate of drug-likeness (QED) is 0.580. The van der Waals surface area contributed by atoms with Gasteiger partial charge in [-0.25, -0.2) is 0 Å². The number of rotatable bonds is 3. The molecule has 0 saturated heterocycles. The fraction of sp³-hybridized carbons (Fsp3) is 0.118. The summed E-state index contributed by atoms with van der Waals surface area (Å²) >= 11 is 0. The van der Waals surface area contributed by atoms with Gasteiger partial charge in [0.05, 0.1) is 5.56 Å². The maximum absolute atomic E-state index is 12.6. The van der Waals surface area contributed by atoms with Gasteiger partial charge in [-0.3, -0.25) is 4.79 Å². The topological polar surface area (TPSA) is 17.1 Å². The normalized spacial score (nSPS) is 11.8. The van der Waals surface area contributed by atoms with Crippen LogP contribution >= 0.6 is 0 Å². The predicted molar refractivity (Wildman–Crippen MR) is 76.0 cm³/mol. The molecule has 108 valence electrons. The molecule has 0 radical (unpaired) electrons. The molecule has 0 unspecified atom stereocenters. The summed E-state index contributed by atoms with van der Waals surface area (Å²) in [5, 5.41) is 0. The Labute approximate surface area is 120 Å². The van der Waals surface area contributed by atoms with E-state index in [0.717, 1.165) is 17.7 Å². The molecule has 2 aromatic carbocycles. The Bertz CT molecular complexity index is 684. The van der Waals surface area contributed by atoms with Gasteiger partial charge in [-0.2, -0.15) is 13.2 Å². The summed E-state index contributed by atoms with van der Waals surface area (Å²) in [6, 6.07) is 11.9. The maximum Gasteiger partial charge on any atom is 0.416 e. The van der Waals surface area contributed by atoms with E-state index < -0.39 is 11.7 Å². The smallest absolute Gasteiger partial charge is 0.289 e. The number of benzene rings is 2. The molecule has 2 rings (SSSR count). The van der Waals surface area contributed by atoms with Crippen molar-refractivity contribution < 1.29 is 18.0 Å². The van der Waals surface area contributed by atoms with Gasteiger partial charge in [-0.15, -0.1) is 0 Å². The summed E-state index contributed by atoms with van der Waals surface area (Å²) in [5.74, 6) is -0.231. The van der Waals surface area contributed by atoms with Gasteiger partial charge in [0, 0.05) is 5.56 Å². The van der Waals surface area contributed by atoms with Crippen LogP contribution in [0.3, 0.4) is 0 Å². The molecule has 0 spiro atoms. The van der Waals surface area contributed by atoms with E-state index in [4.69, 9.17) is 0 Å².